The lowest BCUT2D eigenvalue weighted by atomic mass is 9.88. The average Bonchev–Trinajstić information content (AvgIpc) is 3.79. The maximum atomic E-state index is 14.3. The van der Waals surface area contributed by atoms with E-state index in [9.17, 15) is 9.18 Å². The molecule has 6 heterocycles. The topological polar surface area (TPSA) is 132 Å². The van der Waals surface area contributed by atoms with E-state index in [0.717, 1.165) is 65.9 Å². The van der Waals surface area contributed by atoms with E-state index in [4.69, 9.17) is 24.1 Å². The highest BCUT2D eigenvalue weighted by Crippen LogP contribution is 2.46. The molecule has 2 fully saturated rings. The largest absolute Gasteiger partial charge is 0.421 e. The molecule has 12 heteroatoms. The molecule has 3 aliphatic rings. The molecule has 8 rings (SSSR count). The third kappa shape index (κ3) is 5.25. The van der Waals surface area contributed by atoms with Crippen LogP contribution in [0.5, 0.6) is 0 Å². The summed E-state index contributed by atoms with van der Waals surface area (Å²) < 4.78 is 33.6. The fourth-order valence-electron chi connectivity index (χ4n) is 7.09. The van der Waals surface area contributed by atoms with Crippen LogP contribution in [0.25, 0.3) is 33.5 Å². The van der Waals surface area contributed by atoms with Crippen molar-refractivity contribution < 1.29 is 23.1 Å². The van der Waals surface area contributed by atoms with Gasteiger partial charge in [-0.15, -0.1) is 10.2 Å². The number of carbonyl (C=O) groups excluding carboxylic acids is 1. The Morgan fingerprint density at radius 1 is 1.04 bits per heavy atom. The number of carbonyl (C=O) groups is 1. The quantitative estimate of drug-likeness (QED) is 0.231. The van der Waals surface area contributed by atoms with Crippen LogP contribution in [0.2, 0.25) is 0 Å². The second kappa shape index (κ2) is 12.0. The molecule has 0 aliphatic carbocycles. The molecule has 0 saturated carbocycles. The molecule has 5 aromatic rings. The SMILES string of the molecule is Cc1nnc(-c2c(CCC3CCOCC3)nc3c(c2-c2ccc4c(cnn4Cc4ccc(C#N)c(F)c4)c2)C(=O)N2CCOC[C@@H]32)o1. The highest BCUT2D eigenvalue weighted by atomic mass is 19.1. The Bertz CT molecular complexity index is 2060. The van der Waals surface area contributed by atoms with Gasteiger partial charge >= 0.3 is 0 Å². The molecule has 3 aromatic heterocycles. The number of nitrogens with zero attached hydrogens (tertiary/aromatic N) is 7. The van der Waals surface area contributed by atoms with E-state index >= 15 is 0 Å². The van der Waals surface area contributed by atoms with Gasteiger partial charge in [0.05, 0.1) is 65.6 Å². The van der Waals surface area contributed by atoms with Crippen molar-refractivity contribution in [2.45, 2.75) is 45.2 Å². The van der Waals surface area contributed by atoms with Crippen molar-refractivity contribution in [3.05, 3.63) is 82.4 Å². The van der Waals surface area contributed by atoms with Gasteiger partial charge in [0.2, 0.25) is 11.8 Å². The normalized spacial score (nSPS) is 18.0. The molecular formula is C35H32FN7O4. The Morgan fingerprint density at radius 2 is 1.91 bits per heavy atom. The summed E-state index contributed by atoms with van der Waals surface area (Å²) in [6.07, 6.45) is 5.39. The first-order valence-corrected chi connectivity index (χ1v) is 16.0. The molecule has 2 saturated heterocycles. The first kappa shape index (κ1) is 29.4. The molecular weight excluding hydrogens is 601 g/mol. The van der Waals surface area contributed by atoms with E-state index in [1.165, 1.54) is 12.1 Å². The number of hydrogen-bond acceptors (Lipinski definition) is 9. The number of morpholine rings is 1. The van der Waals surface area contributed by atoms with Crippen molar-refractivity contribution in [2.75, 3.05) is 33.0 Å². The molecule has 0 radical (unpaired) electrons. The lowest BCUT2D eigenvalue weighted by Crippen LogP contribution is -2.38. The molecule has 11 nitrogen and oxygen atoms in total. The Labute approximate surface area is 269 Å². The van der Waals surface area contributed by atoms with E-state index in [1.807, 2.05) is 29.2 Å². The number of nitriles is 1. The fourth-order valence-corrected chi connectivity index (χ4v) is 7.09. The molecule has 1 atom stereocenters. The van der Waals surface area contributed by atoms with Gasteiger partial charge in [0.15, 0.2) is 0 Å². The van der Waals surface area contributed by atoms with Crippen LogP contribution in [0, 0.1) is 30.0 Å². The number of amides is 1. The van der Waals surface area contributed by atoms with Crippen LogP contribution in [0.3, 0.4) is 0 Å². The zero-order valence-corrected chi connectivity index (χ0v) is 25.9. The Morgan fingerprint density at radius 3 is 2.70 bits per heavy atom. The zero-order valence-electron chi connectivity index (χ0n) is 25.9. The van der Waals surface area contributed by atoms with Crippen LogP contribution in [-0.2, 0) is 22.4 Å². The number of ether oxygens (including phenoxy) is 2. The summed E-state index contributed by atoms with van der Waals surface area (Å²) in [4.78, 5) is 21.2. The Hall–Kier alpha value is -4.99. The second-order valence-electron chi connectivity index (χ2n) is 12.4. The van der Waals surface area contributed by atoms with E-state index in [0.29, 0.717) is 67.1 Å². The minimum absolute atomic E-state index is 0.00486. The lowest BCUT2D eigenvalue weighted by Gasteiger charge is -2.29. The van der Waals surface area contributed by atoms with Gasteiger partial charge < -0.3 is 18.8 Å². The third-order valence-electron chi connectivity index (χ3n) is 9.51. The fraction of sp³-hybridized carbons (Fsp3) is 0.371. The number of pyridine rings is 1. The summed E-state index contributed by atoms with van der Waals surface area (Å²) in [5.74, 6) is 0.640. The Balaban J connectivity index is 1.27. The molecule has 0 N–H and O–H groups in total. The lowest BCUT2D eigenvalue weighted by molar-refractivity contribution is 0.00352. The smallest absolute Gasteiger partial charge is 0.257 e. The van der Waals surface area contributed by atoms with Gasteiger partial charge in [0, 0.05) is 37.6 Å². The molecule has 2 aromatic carbocycles. The molecule has 0 spiro atoms. The van der Waals surface area contributed by atoms with Crippen molar-refractivity contribution in [3.8, 4) is 28.7 Å². The van der Waals surface area contributed by atoms with Crippen LogP contribution in [0.4, 0.5) is 4.39 Å². The maximum absolute atomic E-state index is 14.3. The van der Waals surface area contributed by atoms with Crippen molar-refractivity contribution in [2.24, 2.45) is 5.92 Å². The monoisotopic (exact) mass is 633 g/mol. The van der Waals surface area contributed by atoms with Crippen LogP contribution in [-0.4, -0.2) is 68.7 Å². The number of aryl methyl sites for hydroxylation is 2. The number of aromatic nitrogens is 5. The van der Waals surface area contributed by atoms with Gasteiger partial charge in [-0.3, -0.25) is 14.5 Å². The van der Waals surface area contributed by atoms with Crippen LogP contribution >= 0.6 is 0 Å². The van der Waals surface area contributed by atoms with Crippen LogP contribution in [0.1, 0.15) is 64.1 Å². The van der Waals surface area contributed by atoms with Gasteiger partial charge in [-0.1, -0.05) is 12.1 Å². The molecule has 3 aliphatic heterocycles. The van der Waals surface area contributed by atoms with E-state index in [-0.39, 0.29) is 17.5 Å². The summed E-state index contributed by atoms with van der Waals surface area (Å²) >= 11 is 0. The van der Waals surface area contributed by atoms with E-state index in [2.05, 4.69) is 15.3 Å². The summed E-state index contributed by atoms with van der Waals surface area (Å²) in [5.41, 5.74) is 5.86. The maximum Gasteiger partial charge on any atom is 0.257 e. The van der Waals surface area contributed by atoms with Gasteiger partial charge in [-0.2, -0.15) is 10.4 Å². The van der Waals surface area contributed by atoms with E-state index in [1.54, 1.807) is 23.9 Å². The standard InChI is InChI=1S/C35H32FN7O4/c1-20-40-41-34(47-20)31-27(6-3-21-8-11-45-12-9-21)39-33-29-19-46-13-10-42(29)35(44)32(33)30(31)23-5-7-28-25(15-23)17-38-43(28)18-22-2-4-24(16-37)26(36)14-22/h2,4-5,7,14-15,17,21,29H,3,6,8-13,18-19H2,1H3/t29-/m0/s1. The van der Waals surface area contributed by atoms with Crippen LogP contribution in [0.15, 0.2) is 47.0 Å². The molecule has 47 heavy (non-hydrogen) atoms. The first-order chi connectivity index (χ1) is 23.0. The summed E-state index contributed by atoms with van der Waals surface area (Å²) in [6.45, 7) is 4.97. The Kier molecular flexibility index (Phi) is 7.50. The second-order valence-corrected chi connectivity index (χ2v) is 12.4. The summed E-state index contributed by atoms with van der Waals surface area (Å²) in [5, 5.41) is 23.1. The number of fused-ring (bicyclic) bond motifs is 4. The highest BCUT2D eigenvalue weighted by Gasteiger charge is 2.44. The van der Waals surface area contributed by atoms with Gasteiger partial charge in [0.25, 0.3) is 5.91 Å². The predicted octanol–water partition coefficient (Wildman–Crippen LogP) is 5.40. The summed E-state index contributed by atoms with van der Waals surface area (Å²) in [7, 11) is 0. The van der Waals surface area contributed by atoms with Gasteiger partial charge in [0.1, 0.15) is 11.9 Å². The van der Waals surface area contributed by atoms with Gasteiger partial charge in [-0.05, 0) is 67.0 Å². The minimum Gasteiger partial charge on any atom is -0.421 e. The van der Waals surface area contributed by atoms with Crippen molar-refractivity contribution in [1.82, 2.24) is 29.9 Å². The first-order valence-electron chi connectivity index (χ1n) is 16.0. The predicted molar refractivity (Wildman–Crippen MR) is 168 cm³/mol. The number of rotatable bonds is 7. The van der Waals surface area contributed by atoms with Crippen LogP contribution < -0.4 is 0 Å². The zero-order chi connectivity index (χ0) is 32.1. The number of hydrogen-bond donors (Lipinski definition) is 0. The molecule has 0 bridgehead atoms. The highest BCUT2D eigenvalue weighted by molar-refractivity contribution is 6.08. The summed E-state index contributed by atoms with van der Waals surface area (Å²) in [6, 6.07) is 12.1. The number of halogens is 1. The third-order valence-corrected chi connectivity index (χ3v) is 9.51. The molecule has 1 amide bonds. The van der Waals surface area contributed by atoms with E-state index < -0.39 is 5.82 Å². The molecule has 238 valence electrons. The minimum atomic E-state index is -0.557. The van der Waals surface area contributed by atoms with Crippen molar-refractivity contribution >= 4 is 16.8 Å². The average molecular weight is 634 g/mol. The van der Waals surface area contributed by atoms with Gasteiger partial charge in [-0.25, -0.2) is 4.39 Å². The molecule has 0 unspecified atom stereocenters. The number of benzene rings is 2. The van der Waals surface area contributed by atoms with Crippen molar-refractivity contribution in [3.63, 3.8) is 0 Å². The van der Waals surface area contributed by atoms with Crippen molar-refractivity contribution in [1.29, 1.82) is 5.26 Å².